The van der Waals surface area contributed by atoms with Gasteiger partial charge in [0.25, 0.3) is 0 Å². The Morgan fingerprint density at radius 3 is 3.06 bits per heavy atom. The van der Waals surface area contributed by atoms with Gasteiger partial charge in [-0.3, -0.25) is 0 Å². The second kappa shape index (κ2) is 5.65. The fourth-order valence-corrected chi connectivity index (χ4v) is 3.42. The average Bonchev–Trinajstić information content (AvgIpc) is 2.66. The van der Waals surface area contributed by atoms with Crippen molar-refractivity contribution in [1.29, 1.82) is 0 Å². The number of thioether (sulfide) groups is 1. The normalized spacial score (nSPS) is 19.8. The number of carbonyl (C=O) groups excluding carboxylic acids is 1. The SMILES string of the molecule is CCOC(=O)c1nc(C)n(C2CCCSC2)c1N. The fourth-order valence-electron chi connectivity index (χ4n) is 2.30. The molecule has 0 radical (unpaired) electrons. The summed E-state index contributed by atoms with van der Waals surface area (Å²) in [6.45, 7) is 4.00. The molecule has 2 rings (SSSR count). The van der Waals surface area contributed by atoms with E-state index in [1.54, 1.807) is 6.92 Å². The van der Waals surface area contributed by atoms with E-state index >= 15 is 0 Å². The van der Waals surface area contributed by atoms with Crippen molar-refractivity contribution >= 4 is 23.5 Å². The van der Waals surface area contributed by atoms with Crippen LogP contribution in [0.2, 0.25) is 0 Å². The van der Waals surface area contributed by atoms with Crippen molar-refractivity contribution in [3.8, 4) is 0 Å². The molecular formula is C12H19N3O2S. The van der Waals surface area contributed by atoms with Gasteiger partial charge in [0, 0.05) is 11.8 Å². The van der Waals surface area contributed by atoms with E-state index in [9.17, 15) is 4.79 Å². The third-order valence-corrected chi connectivity index (χ3v) is 4.29. The Labute approximate surface area is 111 Å². The van der Waals surface area contributed by atoms with E-state index < -0.39 is 5.97 Å². The predicted octanol–water partition coefficient (Wildman–Crippen LogP) is 2.02. The van der Waals surface area contributed by atoms with Gasteiger partial charge in [0.2, 0.25) is 0 Å². The van der Waals surface area contributed by atoms with Gasteiger partial charge in [0.05, 0.1) is 6.61 Å². The van der Waals surface area contributed by atoms with Crippen LogP contribution in [0.4, 0.5) is 5.82 Å². The van der Waals surface area contributed by atoms with Crippen molar-refractivity contribution in [3.63, 3.8) is 0 Å². The molecule has 1 aliphatic rings. The number of ether oxygens (including phenoxy) is 1. The number of aryl methyl sites for hydroxylation is 1. The molecule has 2 heterocycles. The Kier molecular flexibility index (Phi) is 4.16. The quantitative estimate of drug-likeness (QED) is 0.850. The van der Waals surface area contributed by atoms with Crippen LogP contribution in [-0.4, -0.2) is 33.6 Å². The summed E-state index contributed by atoms with van der Waals surface area (Å²) in [5, 5.41) is 0. The highest BCUT2D eigenvalue weighted by Gasteiger charge is 2.25. The highest BCUT2D eigenvalue weighted by Crippen LogP contribution is 2.31. The third-order valence-electron chi connectivity index (χ3n) is 3.09. The fraction of sp³-hybridized carbons (Fsp3) is 0.667. The van der Waals surface area contributed by atoms with Gasteiger partial charge < -0.3 is 15.0 Å². The summed E-state index contributed by atoms with van der Waals surface area (Å²) in [5.41, 5.74) is 6.31. The molecular weight excluding hydrogens is 250 g/mol. The first-order valence-corrected chi connectivity index (χ1v) is 7.39. The van der Waals surface area contributed by atoms with Crippen molar-refractivity contribution in [1.82, 2.24) is 9.55 Å². The molecule has 0 bridgehead atoms. The van der Waals surface area contributed by atoms with E-state index in [0.717, 1.165) is 18.0 Å². The maximum atomic E-state index is 11.7. The van der Waals surface area contributed by atoms with Crippen molar-refractivity contribution in [2.45, 2.75) is 32.7 Å². The molecule has 2 N–H and O–H groups in total. The Bertz CT molecular complexity index is 439. The number of esters is 1. The molecule has 0 amide bonds. The van der Waals surface area contributed by atoms with E-state index in [2.05, 4.69) is 4.98 Å². The zero-order valence-corrected chi connectivity index (χ0v) is 11.6. The average molecular weight is 269 g/mol. The van der Waals surface area contributed by atoms with E-state index in [4.69, 9.17) is 10.5 Å². The summed E-state index contributed by atoms with van der Waals surface area (Å²) >= 11 is 1.92. The minimum atomic E-state index is -0.430. The van der Waals surface area contributed by atoms with Gasteiger partial charge in [-0.05, 0) is 32.4 Å². The van der Waals surface area contributed by atoms with Crippen LogP contribution in [-0.2, 0) is 4.74 Å². The summed E-state index contributed by atoms with van der Waals surface area (Å²) in [5.74, 6) is 3.04. The summed E-state index contributed by atoms with van der Waals surface area (Å²) in [4.78, 5) is 16.0. The van der Waals surface area contributed by atoms with Gasteiger partial charge in [0.1, 0.15) is 11.6 Å². The number of nitrogen functional groups attached to an aromatic ring is 1. The Morgan fingerprint density at radius 2 is 2.44 bits per heavy atom. The molecule has 1 aliphatic heterocycles. The summed E-state index contributed by atoms with van der Waals surface area (Å²) in [6, 6.07) is 0.347. The number of hydrogen-bond acceptors (Lipinski definition) is 5. The maximum absolute atomic E-state index is 11.7. The molecule has 1 aromatic rings. The second-order valence-electron chi connectivity index (χ2n) is 4.35. The Hall–Kier alpha value is -1.17. The molecule has 6 heteroatoms. The molecule has 1 fully saturated rings. The molecule has 100 valence electrons. The summed E-state index contributed by atoms with van der Waals surface area (Å²) in [6.07, 6.45) is 2.28. The van der Waals surface area contributed by atoms with E-state index in [1.165, 1.54) is 12.2 Å². The van der Waals surface area contributed by atoms with Crippen LogP contribution in [0.15, 0.2) is 0 Å². The Balaban J connectivity index is 2.28. The first-order valence-electron chi connectivity index (χ1n) is 6.24. The van der Waals surface area contributed by atoms with Crippen LogP contribution in [0.1, 0.15) is 42.1 Å². The van der Waals surface area contributed by atoms with E-state index in [1.807, 2.05) is 23.3 Å². The van der Waals surface area contributed by atoms with E-state index in [0.29, 0.717) is 18.5 Å². The smallest absolute Gasteiger partial charge is 0.360 e. The summed E-state index contributed by atoms with van der Waals surface area (Å²) in [7, 11) is 0. The molecule has 5 nitrogen and oxygen atoms in total. The molecule has 18 heavy (non-hydrogen) atoms. The molecule has 1 saturated heterocycles. The number of rotatable bonds is 3. The van der Waals surface area contributed by atoms with Gasteiger partial charge in [-0.15, -0.1) is 0 Å². The number of carbonyl (C=O) groups is 1. The van der Waals surface area contributed by atoms with Crippen LogP contribution in [0.5, 0.6) is 0 Å². The maximum Gasteiger partial charge on any atom is 0.360 e. The molecule has 0 aromatic carbocycles. The second-order valence-corrected chi connectivity index (χ2v) is 5.50. The van der Waals surface area contributed by atoms with Gasteiger partial charge in [-0.1, -0.05) is 0 Å². The van der Waals surface area contributed by atoms with Crippen LogP contribution >= 0.6 is 11.8 Å². The first-order chi connectivity index (χ1) is 8.65. The lowest BCUT2D eigenvalue weighted by atomic mass is 10.2. The van der Waals surface area contributed by atoms with E-state index in [-0.39, 0.29) is 5.69 Å². The van der Waals surface area contributed by atoms with Gasteiger partial charge in [0.15, 0.2) is 5.69 Å². The minimum Gasteiger partial charge on any atom is -0.461 e. The molecule has 1 aromatic heterocycles. The first kappa shape index (κ1) is 13.3. The zero-order chi connectivity index (χ0) is 13.1. The Morgan fingerprint density at radius 1 is 1.67 bits per heavy atom. The largest absolute Gasteiger partial charge is 0.461 e. The van der Waals surface area contributed by atoms with Crippen molar-refractivity contribution in [3.05, 3.63) is 11.5 Å². The number of nitrogens with zero attached hydrogens (tertiary/aromatic N) is 2. The number of hydrogen-bond donors (Lipinski definition) is 1. The van der Waals surface area contributed by atoms with Gasteiger partial charge >= 0.3 is 5.97 Å². The monoisotopic (exact) mass is 269 g/mol. The highest BCUT2D eigenvalue weighted by molar-refractivity contribution is 7.99. The van der Waals surface area contributed by atoms with Crippen molar-refractivity contribution < 1.29 is 9.53 Å². The molecule has 0 saturated carbocycles. The minimum absolute atomic E-state index is 0.255. The van der Waals surface area contributed by atoms with Crippen molar-refractivity contribution in [2.75, 3.05) is 23.8 Å². The van der Waals surface area contributed by atoms with Crippen LogP contribution in [0, 0.1) is 6.92 Å². The molecule has 1 atom stereocenters. The third kappa shape index (κ3) is 2.48. The molecule has 0 spiro atoms. The lowest BCUT2D eigenvalue weighted by Gasteiger charge is -2.24. The lowest BCUT2D eigenvalue weighted by Crippen LogP contribution is -2.19. The standard InChI is InChI=1S/C12H19N3O2S/c1-3-17-12(16)10-11(13)15(8(2)14-10)9-5-4-6-18-7-9/h9H,3-7,13H2,1-2H3. The lowest BCUT2D eigenvalue weighted by molar-refractivity contribution is 0.0521. The van der Waals surface area contributed by atoms with Crippen LogP contribution < -0.4 is 5.73 Å². The van der Waals surface area contributed by atoms with Gasteiger partial charge in [-0.2, -0.15) is 11.8 Å². The molecule has 0 aliphatic carbocycles. The van der Waals surface area contributed by atoms with Crippen LogP contribution in [0.3, 0.4) is 0 Å². The number of anilines is 1. The van der Waals surface area contributed by atoms with Gasteiger partial charge in [-0.25, -0.2) is 9.78 Å². The number of aromatic nitrogens is 2. The highest BCUT2D eigenvalue weighted by atomic mass is 32.2. The zero-order valence-electron chi connectivity index (χ0n) is 10.8. The number of imidazole rings is 1. The summed E-state index contributed by atoms with van der Waals surface area (Å²) < 4.78 is 6.95. The number of nitrogens with two attached hydrogens (primary N) is 1. The topological polar surface area (TPSA) is 70.1 Å². The van der Waals surface area contributed by atoms with Crippen molar-refractivity contribution in [2.24, 2.45) is 0 Å². The van der Waals surface area contributed by atoms with Crippen LogP contribution in [0.25, 0.3) is 0 Å². The predicted molar refractivity (Wildman–Crippen MR) is 72.9 cm³/mol. The molecule has 1 unspecified atom stereocenters.